The average molecular weight is 407 g/mol. The molecular formula is C20H27BrN2O2. The van der Waals surface area contributed by atoms with Crippen LogP contribution in [0.4, 0.5) is 0 Å². The van der Waals surface area contributed by atoms with Crippen LogP contribution >= 0.6 is 15.9 Å². The van der Waals surface area contributed by atoms with Crippen molar-refractivity contribution in [2.24, 2.45) is 0 Å². The first-order valence-electron chi connectivity index (χ1n) is 9.22. The highest BCUT2D eigenvalue weighted by Crippen LogP contribution is 2.33. The molecule has 25 heavy (non-hydrogen) atoms. The molecule has 0 spiro atoms. The molecule has 1 N–H and O–H groups in total. The topological polar surface area (TPSA) is 41.6 Å². The van der Waals surface area contributed by atoms with E-state index in [4.69, 9.17) is 4.74 Å². The van der Waals surface area contributed by atoms with Gasteiger partial charge in [-0.3, -0.25) is 9.69 Å². The number of carbonyl (C=O) groups is 1. The fraction of sp³-hybridized carbons (Fsp3) is 0.550. The second-order valence-electron chi connectivity index (χ2n) is 6.99. The molecule has 1 heterocycles. The van der Waals surface area contributed by atoms with E-state index in [9.17, 15) is 4.79 Å². The van der Waals surface area contributed by atoms with Gasteiger partial charge >= 0.3 is 0 Å². The molecule has 1 aliphatic carbocycles. The van der Waals surface area contributed by atoms with Crippen molar-refractivity contribution < 1.29 is 9.53 Å². The summed E-state index contributed by atoms with van der Waals surface area (Å²) in [6, 6.07) is 7.94. The third kappa shape index (κ3) is 5.16. The average Bonchev–Trinajstić information content (AvgIpc) is 2.67. The van der Waals surface area contributed by atoms with Gasteiger partial charge in [-0.05, 0) is 36.6 Å². The number of rotatable bonds is 5. The maximum Gasteiger partial charge on any atom is 0.244 e. The van der Waals surface area contributed by atoms with Crippen LogP contribution in [0.2, 0.25) is 0 Å². The zero-order valence-corrected chi connectivity index (χ0v) is 16.3. The number of ether oxygens (including phenoxy) is 1. The number of nitrogens with one attached hydrogen (secondary N) is 1. The number of hydrogen-bond acceptors (Lipinski definition) is 3. The summed E-state index contributed by atoms with van der Waals surface area (Å²) in [4.78, 5) is 14.9. The lowest BCUT2D eigenvalue weighted by molar-refractivity contribution is -0.117. The van der Waals surface area contributed by atoms with Gasteiger partial charge in [0, 0.05) is 35.7 Å². The summed E-state index contributed by atoms with van der Waals surface area (Å²) in [6.07, 6.45) is 9.66. The molecule has 4 nitrogen and oxygen atoms in total. The van der Waals surface area contributed by atoms with Gasteiger partial charge < -0.3 is 10.1 Å². The standard InChI is InChI=1S/C20H27BrN2O2/c21-18-7-4-17(5-8-18)6-9-19(24)22-16-20(10-2-1-3-11-20)23-12-14-25-15-13-23/h4-9H,1-3,10-16H2,(H,22,24). The van der Waals surface area contributed by atoms with Crippen molar-refractivity contribution in [1.29, 1.82) is 0 Å². The van der Waals surface area contributed by atoms with Crippen LogP contribution in [0.5, 0.6) is 0 Å². The van der Waals surface area contributed by atoms with Crippen molar-refractivity contribution in [2.75, 3.05) is 32.8 Å². The van der Waals surface area contributed by atoms with Gasteiger partial charge in [0.15, 0.2) is 0 Å². The highest BCUT2D eigenvalue weighted by Gasteiger charge is 2.38. The number of amides is 1. The van der Waals surface area contributed by atoms with Gasteiger partial charge in [0.1, 0.15) is 0 Å². The zero-order valence-electron chi connectivity index (χ0n) is 14.7. The summed E-state index contributed by atoms with van der Waals surface area (Å²) < 4.78 is 6.55. The quantitative estimate of drug-likeness (QED) is 0.759. The van der Waals surface area contributed by atoms with Crippen molar-refractivity contribution in [3.63, 3.8) is 0 Å². The van der Waals surface area contributed by atoms with E-state index in [0.717, 1.165) is 42.9 Å². The maximum atomic E-state index is 12.3. The summed E-state index contributed by atoms with van der Waals surface area (Å²) >= 11 is 3.42. The lowest BCUT2D eigenvalue weighted by atomic mass is 9.79. The van der Waals surface area contributed by atoms with Gasteiger partial charge in [-0.25, -0.2) is 0 Å². The first kappa shape index (κ1) is 18.6. The van der Waals surface area contributed by atoms with Crippen molar-refractivity contribution in [3.05, 3.63) is 40.4 Å². The van der Waals surface area contributed by atoms with Gasteiger partial charge in [-0.1, -0.05) is 47.3 Å². The van der Waals surface area contributed by atoms with Crippen LogP contribution in [0.3, 0.4) is 0 Å². The van der Waals surface area contributed by atoms with Gasteiger partial charge in [0.2, 0.25) is 5.91 Å². The molecular weight excluding hydrogens is 380 g/mol. The Balaban J connectivity index is 1.58. The largest absolute Gasteiger partial charge is 0.379 e. The Bertz CT molecular complexity index is 588. The third-order valence-electron chi connectivity index (χ3n) is 5.36. The van der Waals surface area contributed by atoms with E-state index in [-0.39, 0.29) is 11.4 Å². The predicted octanol–water partition coefficient (Wildman–Crippen LogP) is 3.61. The summed E-state index contributed by atoms with van der Waals surface area (Å²) in [5.74, 6) is -0.0128. The van der Waals surface area contributed by atoms with Gasteiger partial charge in [-0.15, -0.1) is 0 Å². The van der Waals surface area contributed by atoms with Gasteiger partial charge in [0.05, 0.1) is 13.2 Å². The second kappa shape index (κ2) is 8.97. The molecule has 1 aromatic rings. The Kier molecular flexibility index (Phi) is 6.68. The Morgan fingerprint density at radius 2 is 1.84 bits per heavy atom. The lowest BCUT2D eigenvalue weighted by Gasteiger charge is -2.48. The summed E-state index contributed by atoms with van der Waals surface area (Å²) in [5.41, 5.74) is 1.14. The van der Waals surface area contributed by atoms with Crippen LogP contribution in [0.1, 0.15) is 37.7 Å². The monoisotopic (exact) mass is 406 g/mol. The molecule has 2 fully saturated rings. The van der Waals surface area contributed by atoms with E-state index < -0.39 is 0 Å². The van der Waals surface area contributed by atoms with Crippen LogP contribution in [0, 0.1) is 0 Å². The molecule has 1 aliphatic heterocycles. The van der Waals surface area contributed by atoms with Crippen LogP contribution in [0.25, 0.3) is 6.08 Å². The molecule has 0 atom stereocenters. The van der Waals surface area contributed by atoms with Crippen LogP contribution in [-0.2, 0) is 9.53 Å². The predicted molar refractivity (Wildman–Crippen MR) is 104 cm³/mol. The Morgan fingerprint density at radius 3 is 2.52 bits per heavy atom. The van der Waals surface area contributed by atoms with E-state index in [1.54, 1.807) is 6.08 Å². The fourth-order valence-corrected chi connectivity index (χ4v) is 4.17. The number of nitrogens with zero attached hydrogens (tertiary/aromatic N) is 1. The summed E-state index contributed by atoms with van der Waals surface area (Å²) in [6.45, 7) is 4.30. The van der Waals surface area contributed by atoms with Gasteiger partial charge in [-0.2, -0.15) is 0 Å². The molecule has 1 amide bonds. The molecule has 3 rings (SSSR count). The number of halogens is 1. The van der Waals surface area contributed by atoms with Crippen LogP contribution in [0.15, 0.2) is 34.8 Å². The van der Waals surface area contributed by atoms with E-state index in [0.29, 0.717) is 0 Å². The van der Waals surface area contributed by atoms with Gasteiger partial charge in [0.25, 0.3) is 0 Å². The normalized spacial score (nSPS) is 21.3. The zero-order chi connectivity index (χ0) is 17.5. The van der Waals surface area contributed by atoms with E-state index >= 15 is 0 Å². The smallest absolute Gasteiger partial charge is 0.244 e. The SMILES string of the molecule is O=C(C=Cc1ccc(Br)cc1)NCC1(N2CCOCC2)CCCCC1. The highest BCUT2D eigenvalue weighted by molar-refractivity contribution is 9.10. The highest BCUT2D eigenvalue weighted by atomic mass is 79.9. The Morgan fingerprint density at radius 1 is 1.16 bits per heavy atom. The van der Waals surface area contributed by atoms with Crippen molar-refractivity contribution in [3.8, 4) is 0 Å². The first-order chi connectivity index (χ1) is 12.2. The molecule has 5 heteroatoms. The minimum atomic E-state index is -0.0128. The molecule has 0 radical (unpaired) electrons. The minimum absolute atomic E-state index is 0.0128. The van der Waals surface area contributed by atoms with E-state index in [1.807, 2.05) is 30.3 Å². The number of carbonyl (C=O) groups excluding carboxylic acids is 1. The molecule has 1 saturated carbocycles. The Hall–Kier alpha value is -1.17. The summed E-state index contributed by atoms with van der Waals surface area (Å²) in [7, 11) is 0. The van der Waals surface area contributed by atoms with Crippen molar-refractivity contribution in [1.82, 2.24) is 10.2 Å². The van der Waals surface area contributed by atoms with Crippen LogP contribution < -0.4 is 5.32 Å². The number of morpholine rings is 1. The minimum Gasteiger partial charge on any atom is -0.379 e. The van der Waals surface area contributed by atoms with Crippen molar-refractivity contribution >= 4 is 27.9 Å². The second-order valence-corrected chi connectivity index (χ2v) is 7.90. The van der Waals surface area contributed by atoms with E-state index in [2.05, 4.69) is 26.1 Å². The maximum absolute atomic E-state index is 12.3. The fourth-order valence-electron chi connectivity index (χ4n) is 3.91. The molecule has 0 aromatic heterocycles. The molecule has 2 aliphatic rings. The van der Waals surface area contributed by atoms with Crippen LogP contribution in [-0.4, -0.2) is 49.2 Å². The third-order valence-corrected chi connectivity index (χ3v) is 5.88. The van der Waals surface area contributed by atoms with Crippen molar-refractivity contribution in [2.45, 2.75) is 37.6 Å². The van der Waals surface area contributed by atoms with E-state index in [1.165, 1.54) is 32.1 Å². The molecule has 136 valence electrons. The number of benzene rings is 1. The first-order valence-corrected chi connectivity index (χ1v) is 10.0. The lowest BCUT2D eigenvalue weighted by Crippen LogP contribution is -2.59. The molecule has 1 aromatic carbocycles. The number of hydrogen-bond donors (Lipinski definition) is 1. The molecule has 0 bridgehead atoms. The molecule has 0 unspecified atom stereocenters. The molecule has 1 saturated heterocycles. The summed E-state index contributed by atoms with van der Waals surface area (Å²) in [5, 5.41) is 3.15. The Labute approximate surface area is 158 Å².